The van der Waals surface area contributed by atoms with Gasteiger partial charge in [0, 0.05) is 12.2 Å². The van der Waals surface area contributed by atoms with Crippen LogP contribution in [0.15, 0.2) is 64.5 Å². The molecule has 0 saturated heterocycles. The summed E-state index contributed by atoms with van der Waals surface area (Å²) in [5, 5.41) is 12.9. The molecule has 146 valence electrons. The second-order valence-electron chi connectivity index (χ2n) is 6.16. The Morgan fingerprint density at radius 1 is 1.10 bits per heavy atom. The van der Waals surface area contributed by atoms with Gasteiger partial charge in [0.1, 0.15) is 5.01 Å². The van der Waals surface area contributed by atoms with Crippen molar-refractivity contribution in [2.75, 3.05) is 11.1 Å². The molecule has 2 aromatic heterocycles. The molecule has 1 amide bonds. The van der Waals surface area contributed by atoms with Gasteiger partial charge in [-0.1, -0.05) is 53.4 Å². The van der Waals surface area contributed by atoms with E-state index in [1.54, 1.807) is 10.6 Å². The van der Waals surface area contributed by atoms with Crippen molar-refractivity contribution in [3.05, 3.63) is 70.0 Å². The van der Waals surface area contributed by atoms with E-state index in [-0.39, 0.29) is 17.9 Å². The number of nitrogens with one attached hydrogen (secondary N) is 1. The van der Waals surface area contributed by atoms with Crippen molar-refractivity contribution in [3.63, 3.8) is 0 Å². The smallest absolute Gasteiger partial charge is 0.266 e. The lowest BCUT2D eigenvalue weighted by molar-refractivity contribution is -0.115. The summed E-state index contributed by atoms with van der Waals surface area (Å²) < 4.78 is 1.60. The number of hydrogen-bond donors (Lipinski definition) is 1. The minimum absolute atomic E-state index is 0.127. The maximum Gasteiger partial charge on any atom is 0.266 e. The van der Waals surface area contributed by atoms with Crippen LogP contribution in [0.4, 0.5) is 5.13 Å². The molecule has 4 aromatic rings. The van der Waals surface area contributed by atoms with Crippen LogP contribution in [0.3, 0.4) is 0 Å². The molecule has 2 heterocycles. The number of thioether (sulfide) groups is 1. The molecule has 2 aromatic carbocycles. The average Bonchev–Trinajstić information content (AvgIpc) is 3.13. The van der Waals surface area contributed by atoms with Crippen LogP contribution in [0.1, 0.15) is 11.4 Å². The SMILES string of the molecule is Cc1nnc(NC(=O)CCSc2nc3ccccc3c(=O)n2-c2ccccc2)s1. The summed E-state index contributed by atoms with van der Waals surface area (Å²) in [6, 6.07) is 16.7. The van der Waals surface area contributed by atoms with E-state index >= 15 is 0 Å². The molecule has 0 atom stereocenters. The first-order chi connectivity index (χ1) is 14.1. The second kappa shape index (κ2) is 8.54. The van der Waals surface area contributed by atoms with Crippen molar-refractivity contribution in [2.45, 2.75) is 18.5 Å². The van der Waals surface area contributed by atoms with Gasteiger partial charge in [-0.05, 0) is 31.2 Å². The van der Waals surface area contributed by atoms with Gasteiger partial charge in [-0.3, -0.25) is 14.2 Å². The third kappa shape index (κ3) is 4.36. The number of para-hydroxylation sites is 2. The molecule has 0 bridgehead atoms. The molecule has 9 heteroatoms. The van der Waals surface area contributed by atoms with Crippen molar-refractivity contribution in [2.24, 2.45) is 0 Å². The number of rotatable bonds is 6. The Labute approximate surface area is 174 Å². The number of fused-ring (bicyclic) bond motifs is 1. The molecular weight excluding hydrogens is 406 g/mol. The van der Waals surface area contributed by atoms with E-state index in [4.69, 9.17) is 0 Å². The summed E-state index contributed by atoms with van der Waals surface area (Å²) in [6.07, 6.45) is 0.265. The lowest BCUT2D eigenvalue weighted by Gasteiger charge is -2.13. The van der Waals surface area contributed by atoms with Crippen LogP contribution in [0.25, 0.3) is 16.6 Å². The highest BCUT2D eigenvalue weighted by atomic mass is 32.2. The molecule has 4 rings (SSSR count). The number of carbonyl (C=O) groups is 1. The van der Waals surface area contributed by atoms with Gasteiger partial charge < -0.3 is 5.32 Å². The zero-order valence-corrected chi connectivity index (χ0v) is 17.2. The number of carbonyl (C=O) groups excluding carboxylic acids is 1. The van der Waals surface area contributed by atoms with Crippen LogP contribution in [-0.4, -0.2) is 31.4 Å². The number of anilines is 1. The molecule has 0 saturated carbocycles. The van der Waals surface area contributed by atoms with Gasteiger partial charge in [-0.25, -0.2) is 4.98 Å². The van der Waals surface area contributed by atoms with Gasteiger partial charge in [-0.2, -0.15) is 0 Å². The lowest BCUT2D eigenvalue weighted by Crippen LogP contribution is -2.22. The van der Waals surface area contributed by atoms with Gasteiger partial charge in [-0.15, -0.1) is 10.2 Å². The highest BCUT2D eigenvalue weighted by Crippen LogP contribution is 2.22. The molecule has 0 aliphatic rings. The van der Waals surface area contributed by atoms with Crippen LogP contribution >= 0.6 is 23.1 Å². The van der Waals surface area contributed by atoms with Crippen molar-refractivity contribution < 1.29 is 4.79 Å². The van der Waals surface area contributed by atoms with Crippen LogP contribution in [0.5, 0.6) is 0 Å². The minimum Gasteiger partial charge on any atom is -0.301 e. The summed E-state index contributed by atoms with van der Waals surface area (Å²) in [4.78, 5) is 29.9. The van der Waals surface area contributed by atoms with Crippen LogP contribution < -0.4 is 10.9 Å². The maximum absolute atomic E-state index is 13.1. The quantitative estimate of drug-likeness (QED) is 0.376. The monoisotopic (exact) mass is 423 g/mol. The molecule has 0 aliphatic carbocycles. The van der Waals surface area contributed by atoms with Gasteiger partial charge in [0.2, 0.25) is 11.0 Å². The third-order valence-corrected chi connectivity index (χ3v) is 5.79. The number of aromatic nitrogens is 4. The summed E-state index contributed by atoms with van der Waals surface area (Å²) >= 11 is 2.70. The van der Waals surface area contributed by atoms with Crippen LogP contribution in [0, 0.1) is 6.92 Å². The number of nitrogens with zero attached hydrogens (tertiary/aromatic N) is 4. The summed E-state index contributed by atoms with van der Waals surface area (Å²) in [6.45, 7) is 1.83. The topological polar surface area (TPSA) is 89.8 Å². The summed E-state index contributed by atoms with van der Waals surface area (Å²) in [7, 11) is 0. The van der Waals surface area contributed by atoms with E-state index in [2.05, 4.69) is 20.5 Å². The van der Waals surface area contributed by atoms with Crippen molar-refractivity contribution in [3.8, 4) is 5.69 Å². The molecule has 7 nitrogen and oxygen atoms in total. The number of amides is 1. The predicted octanol–water partition coefficient (Wildman–Crippen LogP) is 3.67. The molecule has 1 N–H and O–H groups in total. The molecule has 0 radical (unpaired) electrons. The average molecular weight is 424 g/mol. The standard InChI is InChI=1S/C20H17N5O2S2/c1-13-23-24-19(29-13)22-17(26)11-12-28-20-21-16-10-6-5-9-15(16)18(27)25(20)14-7-3-2-4-8-14/h2-10H,11-12H2,1H3,(H,22,24,26). The highest BCUT2D eigenvalue weighted by Gasteiger charge is 2.14. The number of aryl methyl sites for hydroxylation is 1. The van der Waals surface area contributed by atoms with E-state index in [9.17, 15) is 9.59 Å². The van der Waals surface area contributed by atoms with E-state index in [1.807, 2.05) is 55.5 Å². The fourth-order valence-corrected chi connectivity index (χ4v) is 4.34. The third-order valence-electron chi connectivity index (χ3n) is 4.09. The molecule has 0 spiro atoms. The number of hydrogen-bond acceptors (Lipinski definition) is 7. The summed E-state index contributed by atoms with van der Waals surface area (Å²) in [5.74, 6) is 0.323. The van der Waals surface area contributed by atoms with Crippen LogP contribution in [-0.2, 0) is 4.79 Å². The first kappa shape index (κ1) is 19.3. The Hall–Kier alpha value is -3.04. The molecule has 0 aliphatic heterocycles. The Kier molecular flexibility index (Phi) is 5.68. The van der Waals surface area contributed by atoms with Crippen LogP contribution in [0.2, 0.25) is 0 Å². The van der Waals surface area contributed by atoms with Gasteiger partial charge in [0.15, 0.2) is 5.16 Å². The van der Waals surface area contributed by atoms with Crippen molar-refractivity contribution >= 4 is 45.0 Å². The second-order valence-corrected chi connectivity index (χ2v) is 8.40. The normalized spacial score (nSPS) is 10.9. The van der Waals surface area contributed by atoms with E-state index in [1.165, 1.54) is 23.1 Å². The van der Waals surface area contributed by atoms with Gasteiger partial charge >= 0.3 is 0 Å². The summed E-state index contributed by atoms with van der Waals surface area (Å²) in [5.41, 5.74) is 1.26. The Bertz CT molecular complexity index is 1220. The first-order valence-corrected chi connectivity index (χ1v) is 10.7. The Balaban J connectivity index is 1.57. The molecule has 29 heavy (non-hydrogen) atoms. The first-order valence-electron chi connectivity index (χ1n) is 8.92. The zero-order valence-electron chi connectivity index (χ0n) is 15.5. The fraction of sp³-hybridized carbons (Fsp3) is 0.150. The van der Waals surface area contributed by atoms with E-state index < -0.39 is 0 Å². The predicted molar refractivity (Wildman–Crippen MR) is 116 cm³/mol. The molecule has 0 unspecified atom stereocenters. The van der Waals surface area contributed by atoms with Gasteiger partial charge in [0.25, 0.3) is 5.56 Å². The van der Waals surface area contributed by atoms with Crippen molar-refractivity contribution in [1.82, 2.24) is 19.7 Å². The van der Waals surface area contributed by atoms with Crippen molar-refractivity contribution in [1.29, 1.82) is 0 Å². The molecular formula is C20H17N5O2S2. The number of benzene rings is 2. The largest absolute Gasteiger partial charge is 0.301 e. The molecule has 0 fully saturated rings. The maximum atomic E-state index is 13.1. The lowest BCUT2D eigenvalue weighted by atomic mass is 10.2. The van der Waals surface area contributed by atoms with E-state index in [0.29, 0.717) is 26.9 Å². The minimum atomic E-state index is -0.150. The van der Waals surface area contributed by atoms with Gasteiger partial charge in [0.05, 0.1) is 16.6 Å². The highest BCUT2D eigenvalue weighted by molar-refractivity contribution is 7.99. The fourth-order valence-electron chi connectivity index (χ4n) is 2.78. The zero-order chi connectivity index (χ0) is 20.2. The van der Waals surface area contributed by atoms with E-state index in [0.717, 1.165) is 10.7 Å². The Morgan fingerprint density at radius 3 is 2.62 bits per heavy atom. The Morgan fingerprint density at radius 2 is 1.86 bits per heavy atom.